The zero-order valence-corrected chi connectivity index (χ0v) is 12.1. The Hall–Kier alpha value is -0.820. The highest BCUT2D eigenvalue weighted by Crippen LogP contribution is 2.30. The van der Waals surface area contributed by atoms with Gasteiger partial charge in [-0.3, -0.25) is 4.79 Å². The van der Waals surface area contributed by atoms with E-state index < -0.39 is 0 Å². The predicted octanol–water partition coefficient (Wildman–Crippen LogP) is 2.33. The van der Waals surface area contributed by atoms with E-state index >= 15 is 0 Å². The first-order valence-corrected chi connectivity index (χ1v) is 6.90. The van der Waals surface area contributed by atoms with Gasteiger partial charge in [0.25, 0.3) is 0 Å². The van der Waals surface area contributed by atoms with Gasteiger partial charge in [-0.15, -0.1) is 11.8 Å². The lowest BCUT2D eigenvalue weighted by molar-refractivity contribution is -0.140. The van der Waals surface area contributed by atoms with Crippen LogP contribution in [-0.2, 0) is 9.53 Å². The molecule has 17 heavy (non-hydrogen) atoms. The minimum atomic E-state index is -0.213. The van der Waals surface area contributed by atoms with E-state index in [9.17, 15) is 4.79 Å². The lowest BCUT2D eigenvalue weighted by Gasteiger charge is -2.07. The number of methoxy groups -OCH3 is 1. The summed E-state index contributed by atoms with van der Waals surface area (Å²) < 4.78 is 5.40. The van der Waals surface area contributed by atoms with Gasteiger partial charge in [0.1, 0.15) is 17.2 Å². The molecule has 0 bridgehead atoms. The fourth-order valence-corrected chi connectivity index (χ4v) is 2.57. The maximum atomic E-state index is 11.0. The fraction of sp³-hybridized carbons (Fsp3) is 0.500. The minimum Gasteiger partial charge on any atom is -0.469 e. The van der Waals surface area contributed by atoms with E-state index in [0.717, 1.165) is 21.9 Å². The smallest absolute Gasteiger partial charge is 0.306 e. The molecule has 0 aliphatic carbocycles. The first kappa shape index (κ1) is 14.2. The van der Waals surface area contributed by atoms with Crippen molar-refractivity contribution in [3.63, 3.8) is 0 Å². The van der Waals surface area contributed by atoms with E-state index in [4.69, 9.17) is 0 Å². The number of halogens is 1. The highest BCUT2D eigenvalue weighted by Gasteiger charge is 2.09. The summed E-state index contributed by atoms with van der Waals surface area (Å²) in [6, 6.07) is 0. The fourth-order valence-electron chi connectivity index (χ4n) is 1.08. The van der Waals surface area contributed by atoms with Crippen LogP contribution >= 0.6 is 27.7 Å². The molecular formula is C10H14BrN3O2S. The van der Waals surface area contributed by atoms with Crippen molar-refractivity contribution in [2.24, 2.45) is 0 Å². The molecule has 0 amide bonds. The third kappa shape index (κ3) is 4.51. The molecular weight excluding hydrogens is 306 g/mol. The second-order valence-electron chi connectivity index (χ2n) is 3.05. The number of carbonyl (C=O) groups excluding carboxylic acids is 1. The van der Waals surface area contributed by atoms with Crippen molar-refractivity contribution in [3.8, 4) is 0 Å². The van der Waals surface area contributed by atoms with Gasteiger partial charge in [-0.05, 0) is 22.9 Å². The Morgan fingerprint density at radius 3 is 3.00 bits per heavy atom. The normalized spacial score (nSPS) is 10.1. The monoisotopic (exact) mass is 319 g/mol. The van der Waals surface area contributed by atoms with Gasteiger partial charge < -0.3 is 10.1 Å². The van der Waals surface area contributed by atoms with Crippen LogP contribution in [0, 0.1) is 0 Å². The Labute approximate surface area is 113 Å². The van der Waals surface area contributed by atoms with Crippen LogP contribution in [0.2, 0.25) is 0 Å². The molecule has 5 nitrogen and oxygen atoms in total. The number of carbonyl (C=O) groups is 1. The topological polar surface area (TPSA) is 64.1 Å². The van der Waals surface area contributed by atoms with E-state index in [0.29, 0.717) is 12.2 Å². The molecule has 0 spiro atoms. The van der Waals surface area contributed by atoms with E-state index in [-0.39, 0.29) is 5.97 Å². The molecule has 0 aliphatic heterocycles. The number of aromatic nitrogens is 2. The Kier molecular flexibility index (Phi) is 6.28. The summed E-state index contributed by atoms with van der Waals surface area (Å²) in [7, 11) is 1.39. The summed E-state index contributed by atoms with van der Waals surface area (Å²) in [5.41, 5.74) is 0. The summed E-state index contributed by atoms with van der Waals surface area (Å²) in [5.74, 6) is 1.19. The number of anilines is 1. The van der Waals surface area contributed by atoms with Crippen molar-refractivity contribution < 1.29 is 9.53 Å². The van der Waals surface area contributed by atoms with Gasteiger partial charge in [-0.2, -0.15) is 0 Å². The van der Waals surface area contributed by atoms with Crippen molar-refractivity contribution in [2.75, 3.05) is 24.7 Å². The second kappa shape index (κ2) is 7.50. The van der Waals surface area contributed by atoms with Crippen LogP contribution in [0.25, 0.3) is 0 Å². The van der Waals surface area contributed by atoms with Crippen LogP contribution in [0.3, 0.4) is 0 Å². The standard InChI is InChI=1S/C10H14BrN3O2S/c1-3-12-9-8(11)10(14-6-13-9)17-5-4-7(15)16-2/h6H,3-5H2,1-2H3,(H,12,13,14). The molecule has 1 aromatic rings. The van der Waals surface area contributed by atoms with Gasteiger partial charge in [-0.25, -0.2) is 9.97 Å². The number of hydrogen-bond donors (Lipinski definition) is 1. The lowest BCUT2D eigenvalue weighted by atomic mass is 10.5. The van der Waals surface area contributed by atoms with Gasteiger partial charge in [0, 0.05) is 12.3 Å². The molecule has 0 aromatic carbocycles. The van der Waals surface area contributed by atoms with Gasteiger partial charge in [-0.1, -0.05) is 0 Å². The summed E-state index contributed by atoms with van der Waals surface area (Å²) in [6.45, 7) is 2.79. The van der Waals surface area contributed by atoms with E-state index in [2.05, 4.69) is 36.0 Å². The van der Waals surface area contributed by atoms with E-state index in [1.54, 1.807) is 0 Å². The number of nitrogens with zero attached hydrogens (tertiary/aromatic N) is 2. The molecule has 1 N–H and O–H groups in total. The molecule has 0 saturated heterocycles. The average Bonchev–Trinajstić information content (AvgIpc) is 2.33. The van der Waals surface area contributed by atoms with Crippen LogP contribution < -0.4 is 5.32 Å². The van der Waals surface area contributed by atoms with Gasteiger partial charge in [0.15, 0.2) is 0 Å². The largest absolute Gasteiger partial charge is 0.469 e. The summed E-state index contributed by atoms with van der Waals surface area (Å²) >= 11 is 4.93. The number of thioether (sulfide) groups is 1. The summed E-state index contributed by atoms with van der Waals surface area (Å²) in [6.07, 6.45) is 1.87. The van der Waals surface area contributed by atoms with Crippen molar-refractivity contribution in [1.82, 2.24) is 9.97 Å². The molecule has 7 heteroatoms. The Bertz CT molecular complexity index is 390. The quantitative estimate of drug-likeness (QED) is 0.493. The van der Waals surface area contributed by atoms with Crippen LogP contribution in [0.5, 0.6) is 0 Å². The predicted molar refractivity (Wildman–Crippen MR) is 71.3 cm³/mol. The van der Waals surface area contributed by atoms with Crippen LogP contribution in [0.1, 0.15) is 13.3 Å². The molecule has 94 valence electrons. The van der Waals surface area contributed by atoms with Gasteiger partial charge >= 0.3 is 5.97 Å². The Morgan fingerprint density at radius 1 is 1.59 bits per heavy atom. The summed E-state index contributed by atoms with van der Waals surface area (Å²) in [5, 5.41) is 3.94. The van der Waals surface area contributed by atoms with E-state index in [1.807, 2.05) is 6.92 Å². The molecule has 1 aromatic heterocycles. The maximum Gasteiger partial charge on any atom is 0.306 e. The number of nitrogens with one attached hydrogen (secondary N) is 1. The van der Waals surface area contributed by atoms with Crippen molar-refractivity contribution in [1.29, 1.82) is 0 Å². The molecule has 0 saturated carbocycles. The molecule has 0 unspecified atom stereocenters. The number of ether oxygens (including phenoxy) is 1. The van der Waals surface area contributed by atoms with Gasteiger partial charge in [0.05, 0.1) is 18.0 Å². The maximum absolute atomic E-state index is 11.0. The molecule has 0 atom stereocenters. The zero-order valence-electron chi connectivity index (χ0n) is 9.70. The minimum absolute atomic E-state index is 0.213. The molecule has 0 radical (unpaired) electrons. The van der Waals surface area contributed by atoms with Crippen molar-refractivity contribution in [3.05, 3.63) is 10.8 Å². The first-order valence-electron chi connectivity index (χ1n) is 5.13. The summed E-state index contributed by atoms with van der Waals surface area (Å²) in [4.78, 5) is 19.2. The average molecular weight is 320 g/mol. The van der Waals surface area contributed by atoms with Gasteiger partial charge in [0.2, 0.25) is 0 Å². The van der Waals surface area contributed by atoms with E-state index in [1.165, 1.54) is 25.2 Å². The first-order chi connectivity index (χ1) is 8.19. The number of rotatable bonds is 6. The number of hydrogen-bond acceptors (Lipinski definition) is 6. The zero-order chi connectivity index (χ0) is 12.7. The molecule has 1 heterocycles. The Morgan fingerprint density at radius 2 is 2.35 bits per heavy atom. The molecule has 0 fully saturated rings. The van der Waals surface area contributed by atoms with Crippen molar-refractivity contribution >= 4 is 39.5 Å². The third-order valence-electron chi connectivity index (χ3n) is 1.87. The molecule has 0 aliphatic rings. The van der Waals surface area contributed by atoms with Crippen LogP contribution in [0.4, 0.5) is 5.82 Å². The highest BCUT2D eigenvalue weighted by molar-refractivity contribution is 9.10. The van der Waals surface area contributed by atoms with Crippen LogP contribution in [0.15, 0.2) is 15.8 Å². The number of esters is 1. The van der Waals surface area contributed by atoms with Crippen molar-refractivity contribution in [2.45, 2.75) is 18.4 Å². The van der Waals surface area contributed by atoms with Crippen LogP contribution in [-0.4, -0.2) is 35.3 Å². The lowest BCUT2D eigenvalue weighted by Crippen LogP contribution is -2.03. The Balaban J connectivity index is 2.59. The SMILES string of the molecule is CCNc1ncnc(SCCC(=O)OC)c1Br. The third-order valence-corrected chi connectivity index (χ3v) is 3.88. The molecule has 1 rings (SSSR count). The second-order valence-corrected chi connectivity index (χ2v) is 4.92. The highest BCUT2D eigenvalue weighted by atomic mass is 79.9.